The van der Waals surface area contributed by atoms with E-state index < -0.39 is 0 Å². The van der Waals surface area contributed by atoms with Crippen molar-refractivity contribution >= 4 is 40.0 Å². The minimum atomic E-state index is 0.240. The predicted molar refractivity (Wildman–Crippen MR) is 108 cm³/mol. The normalized spacial score (nSPS) is 13.8. The van der Waals surface area contributed by atoms with Gasteiger partial charge < -0.3 is 5.73 Å². The van der Waals surface area contributed by atoms with Crippen molar-refractivity contribution in [3.63, 3.8) is 0 Å². The number of carbonyl (C=O) groups excluding carboxylic acids is 1. The summed E-state index contributed by atoms with van der Waals surface area (Å²) in [7, 11) is 0. The highest BCUT2D eigenvalue weighted by Crippen LogP contribution is 2.32. The van der Waals surface area contributed by atoms with Crippen LogP contribution in [0.4, 0.5) is 0 Å². The first-order chi connectivity index (χ1) is 11.9. The smallest absolute Gasteiger partial charge is 0.165 e. The van der Waals surface area contributed by atoms with Crippen molar-refractivity contribution in [1.82, 2.24) is 0 Å². The molecule has 0 atom stereocenters. The van der Waals surface area contributed by atoms with E-state index in [1.165, 1.54) is 38.1 Å². The van der Waals surface area contributed by atoms with Gasteiger partial charge in [-0.05, 0) is 77.2 Å². The maximum atomic E-state index is 11.0. The number of rotatable bonds is 3. The Balaban J connectivity index is 2.55. The van der Waals surface area contributed by atoms with Gasteiger partial charge in [-0.15, -0.1) is 0 Å². The molecular formula is C23H23NO. The summed E-state index contributed by atoms with van der Waals surface area (Å²) in [6, 6.07) is 10.9. The molecule has 3 rings (SSSR count). The molecule has 25 heavy (non-hydrogen) atoms. The van der Waals surface area contributed by atoms with Crippen molar-refractivity contribution in [1.29, 1.82) is 0 Å². The Morgan fingerprint density at radius 3 is 2.52 bits per heavy atom. The van der Waals surface area contributed by atoms with E-state index in [-0.39, 0.29) is 5.70 Å². The molecule has 0 amide bonds. The second-order valence-electron chi connectivity index (χ2n) is 6.66. The fourth-order valence-corrected chi connectivity index (χ4v) is 3.45. The Morgan fingerprint density at radius 1 is 1.08 bits per heavy atom. The lowest BCUT2D eigenvalue weighted by molar-refractivity contribution is -0.104. The van der Waals surface area contributed by atoms with E-state index >= 15 is 0 Å². The maximum absolute atomic E-state index is 11.0. The average molecular weight is 329 g/mol. The quantitative estimate of drug-likeness (QED) is 0.565. The van der Waals surface area contributed by atoms with Gasteiger partial charge in [-0.3, -0.25) is 4.79 Å². The van der Waals surface area contributed by atoms with E-state index in [4.69, 9.17) is 5.73 Å². The van der Waals surface area contributed by atoms with Gasteiger partial charge in [-0.2, -0.15) is 0 Å². The van der Waals surface area contributed by atoms with E-state index in [0.717, 1.165) is 10.9 Å². The van der Waals surface area contributed by atoms with Gasteiger partial charge in [-0.1, -0.05) is 48.1 Å². The maximum Gasteiger partial charge on any atom is 0.165 e. The van der Waals surface area contributed by atoms with Gasteiger partial charge in [0.05, 0.1) is 5.70 Å². The molecule has 0 aliphatic heterocycles. The highest BCUT2D eigenvalue weighted by Gasteiger charge is 2.11. The predicted octanol–water partition coefficient (Wildman–Crippen LogP) is 4.57. The van der Waals surface area contributed by atoms with E-state index in [9.17, 15) is 4.79 Å². The van der Waals surface area contributed by atoms with Crippen LogP contribution in [0.3, 0.4) is 0 Å². The Bertz CT molecular complexity index is 1100. The first-order valence-electron chi connectivity index (χ1n) is 8.48. The second kappa shape index (κ2) is 6.56. The third-order valence-corrected chi connectivity index (χ3v) is 4.67. The van der Waals surface area contributed by atoms with E-state index in [1.54, 1.807) is 6.08 Å². The van der Waals surface area contributed by atoms with Crippen molar-refractivity contribution in [2.45, 2.75) is 27.7 Å². The SMILES string of the molecule is C/C=C(C)\C=c1\ccc2cc(C)cc3c(/C=C(/N)C=O)cc(C)c1c23. The number of allylic oxidation sites excluding steroid dienone is 3. The van der Waals surface area contributed by atoms with Gasteiger partial charge in [0.2, 0.25) is 0 Å². The van der Waals surface area contributed by atoms with Crippen LogP contribution < -0.4 is 11.0 Å². The largest absolute Gasteiger partial charge is 0.396 e. The zero-order valence-corrected chi connectivity index (χ0v) is 15.2. The zero-order chi connectivity index (χ0) is 18.1. The number of aldehydes is 1. The summed E-state index contributed by atoms with van der Waals surface area (Å²) in [4.78, 5) is 11.0. The summed E-state index contributed by atoms with van der Waals surface area (Å²) in [5.41, 5.74) is 10.6. The third-order valence-electron chi connectivity index (χ3n) is 4.67. The number of nitrogens with two attached hydrogens (primary N) is 1. The molecule has 2 heteroatoms. The van der Waals surface area contributed by atoms with Gasteiger partial charge in [0, 0.05) is 0 Å². The zero-order valence-electron chi connectivity index (χ0n) is 15.2. The molecule has 2 nitrogen and oxygen atoms in total. The van der Waals surface area contributed by atoms with Crippen molar-refractivity contribution in [2.24, 2.45) is 5.73 Å². The van der Waals surface area contributed by atoms with E-state index in [1.807, 2.05) is 0 Å². The molecule has 0 spiro atoms. The molecule has 126 valence electrons. The summed E-state index contributed by atoms with van der Waals surface area (Å²) in [5, 5.41) is 6.05. The number of hydrogen-bond donors (Lipinski definition) is 1. The molecule has 0 radical (unpaired) electrons. The molecular weight excluding hydrogens is 306 g/mol. The lowest BCUT2D eigenvalue weighted by Crippen LogP contribution is -2.06. The molecule has 0 bridgehead atoms. The summed E-state index contributed by atoms with van der Waals surface area (Å²) in [6.45, 7) is 8.37. The topological polar surface area (TPSA) is 43.1 Å². The summed E-state index contributed by atoms with van der Waals surface area (Å²) in [6.07, 6.45) is 6.79. The van der Waals surface area contributed by atoms with Crippen LogP contribution in [-0.2, 0) is 4.79 Å². The van der Waals surface area contributed by atoms with Crippen molar-refractivity contribution < 1.29 is 4.79 Å². The number of carbonyl (C=O) groups is 1. The van der Waals surface area contributed by atoms with Crippen LogP contribution in [0.25, 0.3) is 33.7 Å². The van der Waals surface area contributed by atoms with Crippen LogP contribution in [0.1, 0.15) is 30.5 Å². The van der Waals surface area contributed by atoms with Crippen LogP contribution in [0.5, 0.6) is 0 Å². The lowest BCUT2D eigenvalue weighted by atomic mass is 9.90. The van der Waals surface area contributed by atoms with Crippen molar-refractivity contribution in [2.75, 3.05) is 0 Å². The van der Waals surface area contributed by atoms with E-state index in [0.29, 0.717) is 6.29 Å². The average Bonchev–Trinajstić information content (AvgIpc) is 2.59. The summed E-state index contributed by atoms with van der Waals surface area (Å²) in [5.74, 6) is 0. The number of hydrogen-bond acceptors (Lipinski definition) is 2. The molecule has 0 saturated heterocycles. The Labute approximate surface area is 148 Å². The minimum Gasteiger partial charge on any atom is -0.396 e. The molecule has 0 fully saturated rings. The van der Waals surface area contributed by atoms with Crippen LogP contribution >= 0.6 is 0 Å². The summed E-state index contributed by atoms with van der Waals surface area (Å²) < 4.78 is 0. The van der Waals surface area contributed by atoms with Crippen LogP contribution in [0.2, 0.25) is 0 Å². The lowest BCUT2D eigenvalue weighted by Gasteiger charge is -2.14. The number of aryl methyl sites for hydroxylation is 2. The van der Waals surface area contributed by atoms with Crippen LogP contribution in [-0.4, -0.2) is 6.29 Å². The molecule has 2 N–H and O–H groups in total. The fraction of sp³-hybridized carbons (Fsp3) is 0.174. The first kappa shape index (κ1) is 17.0. The molecule has 0 aromatic heterocycles. The second-order valence-corrected chi connectivity index (χ2v) is 6.66. The van der Waals surface area contributed by atoms with Crippen LogP contribution in [0, 0.1) is 13.8 Å². The highest BCUT2D eigenvalue weighted by atomic mass is 16.1. The molecule has 0 aliphatic rings. The molecule has 3 aromatic rings. The molecule has 0 unspecified atom stereocenters. The van der Waals surface area contributed by atoms with Gasteiger partial charge >= 0.3 is 0 Å². The highest BCUT2D eigenvalue weighted by molar-refractivity contribution is 6.14. The van der Waals surface area contributed by atoms with Gasteiger partial charge in [0.15, 0.2) is 6.29 Å². The first-order valence-corrected chi connectivity index (χ1v) is 8.48. The fourth-order valence-electron chi connectivity index (χ4n) is 3.45. The summed E-state index contributed by atoms with van der Waals surface area (Å²) >= 11 is 0. The van der Waals surface area contributed by atoms with Gasteiger partial charge in [0.1, 0.15) is 0 Å². The molecule has 0 heterocycles. The molecule has 0 saturated carbocycles. The van der Waals surface area contributed by atoms with Gasteiger partial charge in [-0.25, -0.2) is 0 Å². The minimum absolute atomic E-state index is 0.240. The molecule has 0 aliphatic carbocycles. The Morgan fingerprint density at radius 2 is 1.84 bits per heavy atom. The van der Waals surface area contributed by atoms with Crippen molar-refractivity contribution in [3.05, 3.63) is 69.6 Å². The van der Waals surface area contributed by atoms with Crippen molar-refractivity contribution in [3.8, 4) is 0 Å². The Hall–Kier alpha value is -2.87. The number of benzene rings is 3. The third kappa shape index (κ3) is 3.08. The monoisotopic (exact) mass is 329 g/mol. The van der Waals surface area contributed by atoms with E-state index in [2.05, 4.69) is 70.2 Å². The van der Waals surface area contributed by atoms with Crippen LogP contribution in [0.15, 0.2) is 47.7 Å². The standard InChI is InChI=1S/C23H23NO/c1-5-14(2)8-17-6-7-18-9-15(3)10-21-19(12-20(24)13-25)11-16(4)22(17)23(18)21/h5-13H,24H2,1-4H3/b14-5-,17-8-,20-12+. The van der Waals surface area contributed by atoms with Gasteiger partial charge in [0.25, 0.3) is 0 Å². The molecule has 3 aromatic carbocycles. The Kier molecular flexibility index (Phi) is 4.45.